The molecule has 0 fully saturated rings. The lowest BCUT2D eigenvalue weighted by molar-refractivity contribution is 0.682. The lowest BCUT2D eigenvalue weighted by Gasteiger charge is -2.16. The van der Waals surface area contributed by atoms with E-state index in [0.29, 0.717) is 10.9 Å². The summed E-state index contributed by atoms with van der Waals surface area (Å²) in [7, 11) is -0.824. The SMILES string of the molecule is CCCc1c(Cl)ncnc1NC(C)CS(C)=O. The molecule has 6 heteroatoms. The quantitative estimate of drug-likeness (QED) is 0.809. The van der Waals surface area contributed by atoms with Crippen molar-refractivity contribution >= 4 is 28.2 Å². The van der Waals surface area contributed by atoms with E-state index in [-0.39, 0.29) is 6.04 Å². The van der Waals surface area contributed by atoms with Gasteiger partial charge in [-0.3, -0.25) is 4.21 Å². The van der Waals surface area contributed by atoms with Crippen LogP contribution in [0.15, 0.2) is 6.33 Å². The first-order valence-corrected chi connectivity index (χ1v) is 7.71. The van der Waals surface area contributed by atoms with Gasteiger partial charge in [0.05, 0.1) is 0 Å². The van der Waals surface area contributed by atoms with Gasteiger partial charge in [0.25, 0.3) is 0 Å². The van der Waals surface area contributed by atoms with Gasteiger partial charge in [0.2, 0.25) is 0 Å². The Balaban J connectivity index is 2.82. The summed E-state index contributed by atoms with van der Waals surface area (Å²) in [6.45, 7) is 4.06. The van der Waals surface area contributed by atoms with Gasteiger partial charge in [-0.1, -0.05) is 24.9 Å². The Morgan fingerprint density at radius 3 is 2.82 bits per heavy atom. The summed E-state index contributed by atoms with van der Waals surface area (Å²) >= 11 is 6.05. The first-order chi connectivity index (χ1) is 8.04. The average Bonchev–Trinajstić information content (AvgIpc) is 2.22. The summed E-state index contributed by atoms with van der Waals surface area (Å²) in [6.07, 6.45) is 4.96. The van der Waals surface area contributed by atoms with Crippen LogP contribution in [0, 0.1) is 0 Å². The van der Waals surface area contributed by atoms with Gasteiger partial charge in [-0.05, 0) is 13.3 Å². The third kappa shape index (κ3) is 4.60. The molecule has 1 rings (SSSR count). The fraction of sp³-hybridized carbons (Fsp3) is 0.636. The highest BCUT2D eigenvalue weighted by Crippen LogP contribution is 2.21. The molecule has 1 N–H and O–H groups in total. The first kappa shape index (κ1) is 14.4. The van der Waals surface area contributed by atoms with Crippen molar-refractivity contribution in [1.29, 1.82) is 0 Å². The van der Waals surface area contributed by atoms with E-state index in [9.17, 15) is 4.21 Å². The maximum absolute atomic E-state index is 11.1. The van der Waals surface area contributed by atoms with Crippen LogP contribution in [0.3, 0.4) is 0 Å². The van der Waals surface area contributed by atoms with Crippen molar-refractivity contribution in [2.75, 3.05) is 17.3 Å². The highest BCUT2D eigenvalue weighted by molar-refractivity contribution is 7.84. The molecule has 0 radical (unpaired) electrons. The van der Waals surface area contributed by atoms with E-state index in [2.05, 4.69) is 22.2 Å². The molecule has 0 saturated carbocycles. The number of hydrogen-bond acceptors (Lipinski definition) is 4. The standard InChI is InChI=1S/C11H18ClN3OS/c1-4-5-9-10(12)13-7-14-11(9)15-8(2)6-17(3)16/h7-8H,4-6H2,1-3H3,(H,13,14,15). The van der Waals surface area contributed by atoms with Gasteiger partial charge < -0.3 is 5.32 Å². The minimum absolute atomic E-state index is 0.0995. The maximum Gasteiger partial charge on any atom is 0.137 e. The highest BCUT2D eigenvalue weighted by atomic mass is 35.5. The summed E-state index contributed by atoms with van der Waals surface area (Å²) in [5.41, 5.74) is 0.936. The molecule has 1 heterocycles. The van der Waals surface area contributed by atoms with E-state index in [1.54, 1.807) is 6.26 Å². The smallest absolute Gasteiger partial charge is 0.137 e. The molecule has 0 aliphatic rings. The van der Waals surface area contributed by atoms with Crippen molar-refractivity contribution < 1.29 is 4.21 Å². The van der Waals surface area contributed by atoms with Crippen LogP contribution in [0.4, 0.5) is 5.82 Å². The van der Waals surface area contributed by atoms with Crippen molar-refractivity contribution in [3.05, 3.63) is 17.0 Å². The molecule has 4 nitrogen and oxygen atoms in total. The van der Waals surface area contributed by atoms with Gasteiger partial charge >= 0.3 is 0 Å². The number of aromatic nitrogens is 2. The molecule has 17 heavy (non-hydrogen) atoms. The van der Waals surface area contributed by atoms with E-state index in [1.165, 1.54) is 6.33 Å². The molecular formula is C11H18ClN3OS. The monoisotopic (exact) mass is 275 g/mol. The van der Waals surface area contributed by atoms with E-state index in [0.717, 1.165) is 24.2 Å². The summed E-state index contributed by atoms with van der Waals surface area (Å²) in [4.78, 5) is 8.18. The summed E-state index contributed by atoms with van der Waals surface area (Å²) < 4.78 is 11.1. The van der Waals surface area contributed by atoms with Crippen molar-refractivity contribution in [3.63, 3.8) is 0 Å². The third-order valence-electron chi connectivity index (χ3n) is 2.26. The predicted molar refractivity (Wildman–Crippen MR) is 73.1 cm³/mol. The number of halogens is 1. The summed E-state index contributed by atoms with van der Waals surface area (Å²) in [6, 6.07) is 0.0995. The second kappa shape index (κ2) is 6.91. The maximum atomic E-state index is 11.1. The summed E-state index contributed by atoms with van der Waals surface area (Å²) in [5, 5.41) is 3.73. The molecular weight excluding hydrogens is 258 g/mol. The van der Waals surface area contributed by atoms with Crippen molar-refractivity contribution in [2.24, 2.45) is 0 Å². The van der Waals surface area contributed by atoms with Gasteiger partial charge in [-0.25, -0.2) is 9.97 Å². The molecule has 0 amide bonds. The minimum Gasteiger partial charge on any atom is -0.366 e. The molecule has 0 saturated heterocycles. The van der Waals surface area contributed by atoms with Crippen LogP contribution < -0.4 is 5.32 Å². The normalized spacial score (nSPS) is 14.4. The van der Waals surface area contributed by atoms with Gasteiger partial charge in [-0.2, -0.15) is 0 Å². The van der Waals surface area contributed by atoms with Crippen LogP contribution in [0.5, 0.6) is 0 Å². The lowest BCUT2D eigenvalue weighted by Crippen LogP contribution is -2.23. The molecule has 1 aromatic heterocycles. The second-order valence-electron chi connectivity index (χ2n) is 4.03. The Hall–Kier alpha value is -0.680. The second-order valence-corrected chi connectivity index (χ2v) is 5.86. The summed E-state index contributed by atoms with van der Waals surface area (Å²) in [5.74, 6) is 1.34. The van der Waals surface area contributed by atoms with E-state index in [1.807, 2.05) is 6.92 Å². The van der Waals surface area contributed by atoms with Gasteiger partial charge in [0, 0.05) is 34.4 Å². The molecule has 96 valence electrons. The fourth-order valence-electron chi connectivity index (χ4n) is 1.61. The zero-order valence-electron chi connectivity index (χ0n) is 10.4. The Morgan fingerprint density at radius 2 is 2.24 bits per heavy atom. The van der Waals surface area contributed by atoms with E-state index < -0.39 is 10.8 Å². The fourth-order valence-corrected chi connectivity index (χ4v) is 2.63. The first-order valence-electron chi connectivity index (χ1n) is 5.60. The Labute approximate surface area is 110 Å². The molecule has 0 aliphatic heterocycles. The molecule has 2 atom stereocenters. The molecule has 0 aliphatic carbocycles. The third-order valence-corrected chi connectivity index (χ3v) is 3.56. The lowest BCUT2D eigenvalue weighted by atomic mass is 10.2. The minimum atomic E-state index is -0.824. The Morgan fingerprint density at radius 1 is 1.53 bits per heavy atom. The molecule has 0 aromatic carbocycles. The van der Waals surface area contributed by atoms with Crippen LogP contribution in [-0.4, -0.2) is 32.2 Å². The van der Waals surface area contributed by atoms with Crippen LogP contribution >= 0.6 is 11.6 Å². The molecule has 1 aromatic rings. The predicted octanol–water partition coefficient (Wildman–Crippen LogP) is 2.26. The highest BCUT2D eigenvalue weighted by Gasteiger charge is 2.12. The molecule has 0 bridgehead atoms. The van der Waals surface area contributed by atoms with Crippen molar-refractivity contribution in [1.82, 2.24) is 9.97 Å². The molecule has 0 spiro atoms. The van der Waals surface area contributed by atoms with E-state index >= 15 is 0 Å². The zero-order valence-corrected chi connectivity index (χ0v) is 11.9. The van der Waals surface area contributed by atoms with Crippen LogP contribution in [0.25, 0.3) is 0 Å². The largest absolute Gasteiger partial charge is 0.366 e. The number of rotatable bonds is 6. The molecule has 2 unspecified atom stereocenters. The van der Waals surface area contributed by atoms with E-state index in [4.69, 9.17) is 11.6 Å². The Kier molecular flexibility index (Phi) is 5.85. The Bertz CT molecular complexity index is 400. The van der Waals surface area contributed by atoms with Crippen molar-refractivity contribution in [3.8, 4) is 0 Å². The van der Waals surface area contributed by atoms with Crippen LogP contribution in [0.1, 0.15) is 25.8 Å². The van der Waals surface area contributed by atoms with Gasteiger partial charge in [0.1, 0.15) is 17.3 Å². The zero-order chi connectivity index (χ0) is 12.8. The average molecular weight is 276 g/mol. The van der Waals surface area contributed by atoms with Gasteiger partial charge in [-0.15, -0.1) is 0 Å². The number of nitrogens with zero attached hydrogens (tertiary/aromatic N) is 2. The van der Waals surface area contributed by atoms with Gasteiger partial charge in [0.15, 0.2) is 0 Å². The van der Waals surface area contributed by atoms with Crippen LogP contribution in [-0.2, 0) is 17.2 Å². The number of nitrogens with one attached hydrogen (secondary N) is 1. The number of hydrogen-bond donors (Lipinski definition) is 1. The topological polar surface area (TPSA) is 54.9 Å². The van der Waals surface area contributed by atoms with Crippen LogP contribution in [0.2, 0.25) is 5.15 Å². The number of anilines is 1. The van der Waals surface area contributed by atoms with Crippen molar-refractivity contribution in [2.45, 2.75) is 32.7 Å².